The minimum atomic E-state index is 0.182. The molecule has 2 aliphatic rings. The molecular weight excluding hydrogens is 226 g/mol. The lowest BCUT2D eigenvalue weighted by molar-refractivity contribution is -0.122. The Morgan fingerprint density at radius 1 is 1.44 bits per heavy atom. The highest BCUT2D eigenvalue weighted by molar-refractivity contribution is 5.78. The highest BCUT2D eigenvalue weighted by atomic mass is 16.2. The van der Waals surface area contributed by atoms with Crippen molar-refractivity contribution >= 4 is 5.91 Å². The molecule has 104 valence electrons. The fourth-order valence-electron chi connectivity index (χ4n) is 3.50. The summed E-state index contributed by atoms with van der Waals surface area (Å²) in [7, 11) is 0. The van der Waals surface area contributed by atoms with E-state index in [1.807, 2.05) is 0 Å². The quantitative estimate of drug-likeness (QED) is 0.788. The summed E-state index contributed by atoms with van der Waals surface area (Å²) in [6.07, 6.45) is 6.10. The van der Waals surface area contributed by atoms with Gasteiger partial charge in [0.15, 0.2) is 0 Å². The number of amides is 1. The van der Waals surface area contributed by atoms with E-state index in [0.29, 0.717) is 18.5 Å². The summed E-state index contributed by atoms with van der Waals surface area (Å²) in [4.78, 5) is 14.1. The Morgan fingerprint density at radius 2 is 2.28 bits per heavy atom. The van der Waals surface area contributed by atoms with Crippen molar-refractivity contribution in [3.05, 3.63) is 0 Å². The molecule has 0 radical (unpaired) electrons. The third-order valence-electron chi connectivity index (χ3n) is 4.70. The van der Waals surface area contributed by atoms with Crippen LogP contribution in [-0.2, 0) is 4.79 Å². The summed E-state index contributed by atoms with van der Waals surface area (Å²) < 4.78 is 0. The lowest BCUT2D eigenvalue weighted by Gasteiger charge is -2.41. The van der Waals surface area contributed by atoms with E-state index < -0.39 is 0 Å². The summed E-state index contributed by atoms with van der Waals surface area (Å²) in [6, 6.07) is 0.526. The fourth-order valence-corrected chi connectivity index (χ4v) is 3.50. The van der Waals surface area contributed by atoms with Crippen LogP contribution in [-0.4, -0.2) is 43.0 Å². The van der Waals surface area contributed by atoms with E-state index in [1.165, 1.54) is 25.7 Å². The summed E-state index contributed by atoms with van der Waals surface area (Å²) >= 11 is 0. The molecule has 0 spiro atoms. The molecule has 1 aliphatic carbocycles. The van der Waals surface area contributed by atoms with Gasteiger partial charge in [0.2, 0.25) is 5.91 Å². The van der Waals surface area contributed by atoms with Crippen LogP contribution in [0, 0.1) is 11.8 Å². The second-order valence-electron chi connectivity index (χ2n) is 5.82. The standard InChI is InChI=1S/C14H27N3O/c1-2-11-4-5-12(9-15)13(8-11)17-7-3-6-16-14(18)10-17/h11-13H,2-10,15H2,1H3,(H,16,18). The van der Waals surface area contributed by atoms with Crippen LogP contribution in [0.3, 0.4) is 0 Å². The molecule has 4 heteroatoms. The van der Waals surface area contributed by atoms with Crippen LogP contribution >= 0.6 is 0 Å². The van der Waals surface area contributed by atoms with Gasteiger partial charge in [0.05, 0.1) is 6.54 Å². The average Bonchev–Trinajstić information content (AvgIpc) is 2.62. The minimum Gasteiger partial charge on any atom is -0.355 e. The number of nitrogens with two attached hydrogens (primary N) is 1. The molecule has 18 heavy (non-hydrogen) atoms. The first-order valence-corrected chi connectivity index (χ1v) is 7.45. The number of nitrogens with one attached hydrogen (secondary N) is 1. The van der Waals surface area contributed by atoms with Gasteiger partial charge in [-0.15, -0.1) is 0 Å². The van der Waals surface area contributed by atoms with Crippen LogP contribution in [0.15, 0.2) is 0 Å². The first kappa shape index (κ1) is 13.8. The van der Waals surface area contributed by atoms with Gasteiger partial charge in [-0.3, -0.25) is 9.69 Å². The van der Waals surface area contributed by atoms with Crippen molar-refractivity contribution in [1.29, 1.82) is 0 Å². The van der Waals surface area contributed by atoms with Gasteiger partial charge in [-0.1, -0.05) is 19.8 Å². The number of carbonyl (C=O) groups excluding carboxylic acids is 1. The summed E-state index contributed by atoms with van der Waals surface area (Å²) in [5.74, 6) is 1.59. The maximum Gasteiger partial charge on any atom is 0.234 e. The van der Waals surface area contributed by atoms with Gasteiger partial charge in [-0.05, 0) is 37.6 Å². The maximum absolute atomic E-state index is 11.7. The number of nitrogens with zero attached hydrogens (tertiary/aromatic N) is 1. The molecule has 2 fully saturated rings. The van der Waals surface area contributed by atoms with Crippen molar-refractivity contribution in [3.63, 3.8) is 0 Å². The van der Waals surface area contributed by atoms with Crippen LogP contribution in [0.5, 0.6) is 0 Å². The Labute approximate surface area is 110 Å². The number of carbonyl (C=O) groups is 1. The lowest BCUT2D eigenvalue weighted by atomic mass is 9.76. The molecule has 2 rings (SSSR count). The molecule has 0 aromatic carbocycles. The van der Waals surface area contributed by atoms with Crippen LogP contribution < -0.4 is 11.1 Å². The summed E-state index contributed by atoms with van der Waals surface area (Å²) in [5, 5.41) is 2.96. The average molecular weight is 253 g/mol. The van der Waals surface area contributed by atoms with Crippen molar-refractivity contribution in [2.24, 2.45) is 17.6 Å². The zero-order chi connectivity index (χ0) is 13.0. The molecule has 1 saturated heterocycles. The van der Waals surface area contributed by atoms with E-state index in [1.54, 1.807) is 0 Å². The van der Waals surface area contributed by atoms with Crippen LogP contribution in [0.2, 0.25) is 0 Å². The van der Waals surface area contributed by atoms with E-state index in [-0.39, 0.29) is 5.91 Å². The molecule has 1 amide bonds. The molecule has 0 aromatic heterocycles. The molecule has 4 nitrogen and oxygen atoms in total. The smallest absolute Gasteiger partial charge is 0.234 e. The highest BCUT2D eigenvalue weighted by Crippen LogP contribution is 2.33. The van der Waals surface area contributed by atoms with Gasteiger partial charge in [0, 0.05) is 19.1 Å². The van der Waals surface area contributed by atoms with Crippen molar-refractivity contribution in [2.45, 2.75) is 45.1 Å². The van der Waals surface area contributed by atoms with Gasteiger partial charge in [0.25, 0.3) is 0 Å². The van der Waals surface area contributed by atoms with Crippen LogP contribution in [0.4, 0.5) is 0 Å². The molecule has 3 N–H and O–H groups in total. The summed E-state index contributed by atoms with van der Waals surface area (Å²) in [5.41, 5.74) is 5.93. The molecular formula is C14H27N3O. The van der Waals surface area contributed by atoms with E-state index in [4.69, 9.17) is 5.73 Å². The SMILES string of the molecule is CCC1CCC(CN)C(N2CCCNC(=O)C2)C1. The van der Waals surface area contributed by atoms with E-state index >= 15 is 0 Å². The van der Waals surface area contributed by atoms with E-state index in [9.17, 15) is 4.79 Å². The molecule has 0 bridgehead atoms. The first-order valence-electron chi connectivity index (χ1n) is 7.45. The largest absolute Gasteiger partial charge is 0.355 e. The molecule has 1 heterocycles. The second kappa shape index (κ2) is 6.53. The van der Waals surface area contributed by atoms with E-state index in [0.717, 1.165) is 32.0 Å². The predicted molar refractivity (Wildman–Crippen MR) is 73.2 cm³/mol. The van der Waals surface area contributed by atoms with Gasteiger partial charge in [-0.2, -0.15) is 0 Å². The minimum absolute atomic E-state index is 0.182. The third kappa shape index (κ3) is 3.23. The first-order chi connectivity index (χ1) is 8.74. The van der Waals surface area contributed by atoms with Gasteiger partial charge in [-0.25, -0.2) is 0 Å². The van der Waals surface area contributed by atoms with Crippen molar-refractivity contribution in [1.82, 2.24) is 10.2 Å². The third-order valence-corrected chi connectivity index (χ3v) is 4.70. The molecule has 3 atom stereocenters. The van der Waals surface area contributed by atoms with Gasteiger partial charge >= 0.3 is 0 Å². The maximum atomic E-state index is 11.7. The van der Waals surface area contributed by atoms with Gasteiger partial charge in [0.1, 0.15) is 0 Å². The van der Waals surface area contributed by atoms with Crippen LogP contribution in [0.25, 0.3) is 0 Å². The Bertz CT molecular complexity index is 282. The normalized spacial score (nSPS) is 35.0. The topological polar surface area (TPSA) is 58.4 Å². The molecule has 1 aliphatic heterocycles. The monoisotopic (exact) mass is 253 g/mol. The van der Waals surface area contributed by atoms with Crippen molar-refractivity contribution < 1.29 is 4.79 Å². The number of hydrogen-bond donors (Lipinski definition) is 2. The van der Waals surface area contributed by atoms with Gasteiger partial charge < -0.3 is 11.1 Å². The summed E-state index contributed by atoms with van der Waals surface area (Å²) in [6.45, 7) is 5.47. The Balaban J connectivity index is 2.03. The fraction of sp³-hybridized carbons (Fsp3) is 0.929. The molecule has 3 unspecified atom stereocenters. The number of rotatable bonds is 3. The Morgan fingerprint density at radius 3 is 3.00 bits per heavy atom. The van der Waals surface area contributed by atoms with Crippen molar-refractivity contribution in [2.75, 3.05) is 26.2 Å². The molecule has 0 aromatic rings. The zero-order valence-electron chi connectivity index (χ0n) is 11.5. The predicted octanol–water partition coefficient (Wildman–Crippen LogP) is 0.962. The zero-order valence-corrected chi connectivity index (χ0v) is 11.5. The van der Waals surface area contributed by atoms with Crippen LogP contribution in [0.1, 0.15) is 39.0 Å². The van der Waals surface area contributed by atoms with E-state index in [2.05, 4.69) is 17.1 Å². The molecule has 1 saturated carbocycles. The number of hydrogen-bond acceptors (Lipinski definition) is 3. The lowest BCUT2D eigenvalue weighted by Crippen LogP contribution is -2.49. The van der Waals surface area contributed by atoms with Crippen molar-refractivity contribution in [3.8, 4) is 0 Å². The second-order valence-corrected chi connectivity index (χ2v) is 5.82. The Hall–Kier alpha value is -0.610. The highest BCUT2D eigenvalue weighted by Gasteiger charge is 2.34. The Kier molecular flexibility index (Phi) is 5.01.